The average Bonchev–Trinajstić information content (AvgIpc) is 2.58. The van der Waals surface area contributed by atoms with Gasteiger partial charge in [-0.25, -0.2) is 4.39 Å². The first-order chi connectivity index (χ1) is 12.3. The summed E-state index contributed by atoms with van der Waals surface area (Å²) >= 11 is 0. The van der Waals surface area contributed by atoms with Gasteiger partial charge in [-0.2, -0.15) is 0 Å². The first kappa shape index (κ1) is 19.1. The van der Waals surface area contributed by atoms with E-state index in [0.29, 0.717) is 17.1 Å². The van der Waals surface area contributed by atoms with Crippen LogP contribution >= 0.6 is 0 Å². The molecule has 26 heavy (non-hydrogen) atoms. The highest BCUT2D eigenvalue weighted by atomic mass is 19.1. The monoisotopic (exact) mass is 357 g/mol. The van der Waals surface area contributed by atoms with Crippen LogP contribution in [-0.4, -0.2) is 24.3 Å². The van der Waals surface area contributed by atoms with E-state index in [0.717, 1.165) is 0 Å². The van der Waals surface area contributed by atoms with E-state index in [4.69, 9.17) is 0 Å². The average molecular weight is 357 g/mol. The van der Waals surface area contributed by atoms with Crippen LogP contribution in [0.5, 0.6) is 0 Å². The van der Waals surface area contributed by atoms with Crippen molar-refractivity contribution in [2.75, 3.05) is 22.1 Å². The largest absolute Gasteiger partial charge is 0.326 e. The summed E-state index contributed by atoms with van der Waals surface area (Å²) in [4.78, 5) is 36.5. The van der Waals surface area contributed by atoms with E-state index < -0.39 is 0 Å². The van der Waals surface area contributed by atoms with Crippen molar-refractivity contribution in [3.8, 4) is 0 Å². The summed E-state index contributed by atoms with van der Waals surface area (Å²) in [6.45, 7) is 3.02. The molecule has 0 spiro atoms. The normalized spacial score (nSPS) is 10.1. The molecule has 2 aromatic rings. The van der Waals surface area contributed by atoms with E-state index in [9.17, 15) is 18.8 Å². The maximum absolute atomic E-state index is 12.9. The van der Waals surface area contributed by atoms with Crippen LogP contribution in [-0.2, 0) is 14.4 Å². The summed E-state index contributed by atoms with van der Waals surface area (Å²) < 4.78 is 12.9. The lowest BCUT2D eigenvalue weighted by Crippen LogP contribution is -2.31. The highest BCUT2D eigenvalue weighted by Crippen LogP contribution is 2.19. The van der Waals surface area contributed by atoms with Crippen LogP contribution in [0.15, 0.2) is 48.5 Å². The van der Waals surface area contributed by atoms with E-state index in [1.807, 2.05) is 0 Å². The molecular formula is C19H20FN3O3. The molecule has 0 aromatic heterocycles. The Labute approximate surface area is 151 Å². The number of anilines is 3. The molecule has 0 aliphatic heterocycles. The number of halogens is 1. The lowest BCUT2D eigenvalue weighted by molar-refractivity contribution is -0.117. The van der Waals surface area contributed by atoms with Crippen molar-refractivity contribution in [1.82, 2.24) is 0 Å². The molecular weight excluding hydrogens is 337 g/mol. The number of benzene rings is 2. The van der Waals surface area contributed by atoms with Crippen LogP contribution in [0.3, 0.4) is 0 Å². The van der Waals surface area contributed by atoms with Gasteiger partial charge in [0.05, 0.1) is 0 Å². The molecule has 3 amide bonds. The Balaban J connectivity index is 1.97. The van der Waals surface area contributed by atoms with Gasteiger partial charge in [-0.15, -0.1) is 0 Å². The summed E-state index contributed by atoms with van der Waals surface area (Å²) in [5, 5.41) is 5.30. The van der Waals surface area contributed by atoms with Gasteiger partial charge in [0.1, 0.15) is 5.82 Å². The van der Waals surface area contributed by atoms with Crippen LogP contribution in [0.2, 0.25) is 0 Å². The lowest BCUT2D eigenvalue weighted by Gasteiger charge is -2.21. The second-order valence-corrected chi connectivity index (χ2v) is 5.70. The maximum atomic E-state index is 12.9. The number of hydrogen-bond donors (Lipinski definition) is 2. The molecule has 0 fully saturated rings. The fraction of sp³-hybridized carbons (Fsp3) is 0.211. The molecule has 2 aromatic carbocycles. The molecule has 7 heteroatoms. The predicted molar refractivity (Wildman–Crippen MR) is 98.4 cm³/mol. The van der Waals surface area contributed by atoms with Crippen LogP contribution in [0, 0.1) is 5.82 Å². The quantitative estimate of drug-likeness (QED) is 0.833. The topological polar surface area (TPSA) is 78.5 Å². The minimum atomic E-state index is -0.381. The van der Waals surface area contributed by atoms with Crippen molar-refractivity contribution in [2.45, 2.75) is 20.3 Å². The number of nitrogens with zero attached hydrogens (tertiary/aromatic N) is 1. The zero-order chi connectivity index (χ0) is 19.1. The summed E-state index contributed by atoms with van der Waals surface area (Å²) in [7, 11) is 0. The van der Waals surface area contributed by atoms with Gasteiger partial charge < -0.3 is 15.5 Å². The van der Waals surface area contributed by atoms with Crippen molar-refractivity contribution in [1.29, 1.82) is 0 Å². The van der Waals surface area contributed by atoms with Crippen LogP contribution < -0.4 is 15.5 Å². The first-order valence-corrected chi connectivity index (χ1v) is 8.06. The van der Waals surface area contributed by atoms with Crippen molar-refractivity contribution in [3.05, 3.63) is 54.3 Å². The van der Waals surface area contributed by atoms with Crippen molar-refractivity contribution >= 4 is 34.8 Å². The van der Waals surface area contributed by atoms with Crippen LogP contribution in [0.25, 0.3) is 0 Å². The number of carbonyl (C=O) groups excluding carboxylic acids is 3. The minimum absolute atomic E-state index is 0.0877. The van der Waals surface area contributed by atoms with E-state index in [2.05, 4.69) is 10.6 Å². The Morgan fingerprint density at radius 3 is 1.96 bits per heavy atom. The number of hydrogen-bond acceptors (Lipinski definition) is 3. The van der Waals surface area contributed by atoms with Crippen LogP contribution in [0.4, 0.5) is 21.5 Å². The third-order valence-electron chi connectivity index (χ3n) is 3.57. The Hall–Kier alpha value is -3.22. The molecule has 0 radical (unpaired) electrons. The predicted octanol–water partition coefficient (Wildman–Crippen LogP) is 3.17. The Bertz CT molecular complexity index is 789. The second-order valence-electron chi connectivity index (χ2n) is 5.70. The molecule has 0 heterocycles. The van der Waals surface area contributed by atoms with E-state index in [1.54, 1.807) is 24.3 Å². The van der Waals surface area contributed by atoms with E-state index in [-0.39, 0.29) is 36.5 Å². The fourth-order valence-corrected chi connectivity index (χ4v) is 2.37. The van der Waals surface area contributed by atoms with Gasteiger partial charge in [-0.05, 0) is 48.5 Å². The summed E-state index contributed by atoms with van der Waals surface area (Å²) in [5.41, 5.74) is 1.74. The zero-order valence-electron chi connectivity index (χ0n) is 14.6. The lowest BCUT2D eigenvalue weighted by atomic mass is 10.2. The van der Waals surface area contributed by atoms with Gasteiger partial charge in [0.2, 0.25) is 17.7 Å². The van der Waals surface area contributed by atoms with Gasteiger partial charge in [-0.3, -0.25) is 14.4 Å². The van der Waals surface area contributed by atoms with Crippen molar-refractivity contribution < 1.29 is 18.8 Å². The molecule has 2 N–H and O–H groups in total. The molecule has 0 saturated carbocycles. The molecule has 0 saturated heterocycles. The van der Waals surface area contributed by atoms with E-state index >= 15 is 0 Å². The number of nitrogens with one attached hydrogen (secondary N) is 2. The standard InChI is InChI=1S/C19H20FN3O3/c1-13(24)21-16-7-9-18(10-8-16)23(14(2)25)12-11-19(26)22-17-5-3-15(20)4-6-17/h3-10H,11-12H2,1-2H3,(H,21,24)(H,22,26). The SMILES string of the molecule is CC(=O)Nc1ccc(N(CCC(=O)Nc2ccc(F)cc2)C(C)=O)cc1. The van der Waals surface area contributed by atoms with Gasteiger partial charge in [0.25, 0.3) is 0 Å². The fourth-order valence-electron chi connectivity index (χ4n) is 2.37. The summed E-state index contributed by atoms with van der Waals surface area (Å²) in [5.74, 6) is -1.04. The number of carbonyl (C=O) groups is 3. The molecule has 0 atom stereocenters. The summed E-state index contributed by atoms with van der Waals surface area (Å²) in [6, 6.07) is 12.2. The Morgan fingerprint density at radius 2 is 1.42 bits per heavy atom. The Morgan fingerprint density at radius 1 is 0.885 bits per heavy atom. The van der Waals surface area contributed by atoms with E-state index in [1.165, 1.54) is 43.0 Å². The van der Waals surface area contributed by atoms with Crippen LogP contribution in [0.1, 0.15) is 20.3 Å². The molecule has 0 unspecified atom stereocenters. The molecule has 0 aliphatic carbocycles. The highest BCUT2D eigenvalue weighted by molar-refractivity contribution is 5.95. The molecule has 6 nitrogen and oxygen atoms in total. The first-order valence-electron chi connectivity index (χ1n) is 8.06. The summed E-state index contributed by atoms with van der Waals surface area (Å²) in [6.07, 6.45) is 0.0877. The highest BCUT2D eigenvalue weighted by Gasteiger charge is 2.14. The van der Waals surface area contributed by atoms with Gasteiger partial charge in [0.15, 0.2) is 0 Å². The minimum Gasteiger partial charge on any atom is -0.326 e. The molecule has 136 valence electrons. The van der Waals surface area contributed by atoms with Crippen molar-refractivity contribution in [3.63, 3.8) is 0 Å². The van der Waals surface area contributed by atoms with Gasteiger partial charge in [0, 0.05) is 43.9 Å². The Kier molecular flexibility index (Phi) is 6.43. The number of amides is 3. The third-order valence-corrected chi connectivity index (χ3v) is 3.57. The number of rotatable bonds is 6. The second kappa shape index (κ2) is 8.75. The molecule has 0 bridgehead atoms. The maximum Gasteiger partial charge on any atom is 0.226 e. The molecule has 0 aliphatic rings. The van der Waals surface area contributed by atoms with Gasteiger partial charge in [-0.1, -0.05) is 0 Å². The zero-order valence-corrected chi connectivity index (χ0v) is 14.6. The third kappa shape index (κ3) is 5.70. The van der Waals surface area contributed by atoms with Crippen molar-refractivity contribution in [2.24, 2.45) is 0 Å². The smallest absolute Gasteiger partial charge is 0.226 e. The molecule has 2 rings (SSSR count). The van der Waals surface area contributed by atoms with Gasteiger partial charge >= 0.3 is 0 Å².